The molecule has 0 saturated carbocycles. The zero-order valence-electron chi connectivity index (χ0n) is 12.6. The predicted octanol–water partition coefficient (Wildman–Crippen LogP) is -0.847. The molecule has 2 amide bonds. The topological polar surface area (TPSA) is 107 Å². The predicted molar refractivity (Wildman–Crippen MR) is 86.2 cm³/mol. The third-order valence-corrected chi connectivity index (χ3v) is 5.00. The van der Waals surface area contributed by atoms with Crippen molar-refractivity contribution in [3.8, 4) is 0 Å². The number of carbonyl (C=O) groups is 2. The Bertz CT molecular complexity index is 615. The Kier molecular flexibility index (Phi) is 4.97. The maximum atomic E-state index is 12.3. The highest BCUT2D eigenvalue weighted by Gasteiger charge is 2.28. The van der Waals surface area contributed by atoms with Gasteiger partial charge in [-0.05, 0) is 18.9 Å². The Balaban J connectivity index is 1.49. The van der Waals surface area contributed by atoms with Crippen molar-refractivity contribution in [1.82, 2.24) is 25.7 Å². The number of thioether (sulfide) groups is 1. The molecule has 1 unspecified atom stereocenters. The first kappa shape index (κ1) is 16.0. The van der Waals surface area contributed by atoms with E-state index in [4.69, 9.17) is 0 Å². The van der Waals surface area contributed by atoms with E-state index in [1.165, 1.54) is 12.1 Å². The van der Waals surface area contributed by atoms with Crippen molar-refractivity contribution in [2.24, 2.45) is 0 Å². The van der Waals surface area contributed by atoms with Crippen LogP contribution in [-0.4, -0.2) is 63.7 Å². The van der Waals surface area contributed by atoms with Gasteiger partial charge in [0.2, 0.25) is 5.91 Å². The summed E-state index contributed by atoms with van der Waals surface area (Å²) >= 11 is 1.72. The Labute approximate surface area is 137 Å². The molecule has 0 aliphatic carbocycles. The van der Waals surface area contributed by atoms with E-state index in [2.05, 4.69) is 20.8 Å². The van der Waals surface area contributed by atoms with E-state index in [1.807, 2.05) is 0 Å². The van der Waals surface area contributed by atoms with Crippen LogP contribution in [0.25, 0.3) is 0 Å². The molecule has 9 heteroatoms. The molecule has 8 nitrogen and oxygen atoms in total. The molecule has 1 atom stereocenters. The second kappa shape index (κ2) is 7.14. The average Bonchev–Trinajstić information content (AvgIpc) is 3.10. The Hall–Kier alpha value is -1.87. The van der Waals surface area contributed by atoms with Crippen LogP contribution in [0.3, 0.4) is 0 Å². The molecule has 2 saturated heterocycles. The number of hydrogen-bond donors (Lipinski definition) is 3. The van der Waals surface area contributed by atoms with Crippen molar-refractivity contribution in [2.45, 2.75) is 24.9 Å². The summed E-state index contributed by atoms with van der Waals surface area (Å²) in [5.41, 5.74) is -0.0964. The van der Waals surface area contributed by atoms with E-state index >= 15 is 0 Å². The molecule has 2 fully saturated rings. The lowest BCUT2D eigenvalue weighted by Gasteiger charge is -2.32. The van der Waals surface area contributed by atoms with Crippen LogP contribution < -0.4 is 16.2 Å². The molecule has 1 aromatic rings. The van der Waals surface area contributed by atoms with Crippen LogP contribution in [0.5, 0.6) is 0 Å². The van der Waals surface area contributed by atoms with Gasteiger partial charge in [0.05, 0.1) is 6.04 Å². The number of likely N-dealkylation sites (tertiary alicyclic amines) is 1. The van der Waals surface area contributed by atoms with Crippen molar-refractivity contribution in [2.75, 3.05) is 24.7 Å². The van der Waals surface area contributed by atoms with Gasteiger partial charge in [0.1, 0.15) is 5.69 Å². The quantitative estimate of drug-likeness (QED) is 0.663. The van der Waals surface area contributed by atoms with Gasteiger partial charge in [0.15, 0.2) is 0 Å². The highest BCUT2D eigenvalue weighted by Crippen LogP contribution is 2.14. The summed E-state index contributed by atoms with van der Waals surface area (Å²) < 4.78 is 0. The third-order valence-electron chi connectivity index (χ3n) is 4.06. The lowest BCUT2D eigenvalue weighted by molar-refractivity contribution is -0.123. The zero-order chi connectivity index (χ0) is 16.2. The number of rotatable bonds is 3. The fourth-order valence-electron chi connectivity index (χ4n) is 2.72. The summed E-state index contributed by atoms with van der Waals surface area (Å²) in [4.78, 5) is 37.0. The summed E-state index contributed by atoms with van der Waals surface area (Å²) in [6, 6.07) is 2.71. The van der Waals surface area contributed by atoms with Gasteiger partial charge < -0.3 is 10.2 Å². The first-order chi connectivity index (χ1) is 11.1. The Morgan fingerprint density at radius 1 is 1.30 bits per heavy atom. The summed E-state index contributed by atoms with van der Waals surface area (Å²) in [7, 11) is 0. The Morgan fingerprint density at radius 2 is 2.09 bits per heavy atom. The van der Waals surface area contributed by atoms with Gasteiger partial charge in [-0.15, -0.1) is 11.8 Å². The van der Waals surface area contributed by atoms with Gasteiger partial charge in [0, 0.05) is 36.8 Å². The third kappa shape index (κ3) is 3.91. The zero-order valence-corrected chi connectivity index (χ0v) is 13.4. The van der Waals surface area contributed by atoms with E-state index in [1.54, 1.807) is 16.7 Å². The minimum atomic E-state index is -0.332. The molecule has 0 aromatic carbocycles. The first-order valence-electron chi connectivity index (χ1n) is 7.60. The minimum Gasteiger partial charge on any atom is -0.352 e. The number of carbonyl (C=O) groups excluding carboxylic acids is 2. The van der Waals surface area contributed by atoms with Gasteiger partial charge in [0.25, 0.3) is 11.5 Å². The van der Waals surface area contributed by atoms with Gasteiger partial charge in [-0.3, -0.25) is 19.7 Å². The first-order valence-corrected chi connectivity index (χ1v) is 8.75. The second-order valence-corrected chi connectivity index (χ2v) is 6.68. The van der Waals surface area contributed by atoms with E-state index in [0.717, 1.165) is 24.5 Å². The van der Waals surface area contributed by atoms with Crippen molar-refractivity contribution in [1.29, 1.82) is 0 Å². The Morgan fingerprint density at radius 3 is 2.70 bits per heavy atom. The maximum absolute atomic E-state index is 12.3. The lowest BCUT2D eigenvalue weighted by Crippen LogP contribution is -2.51. The van der Waals surface area contributed by atoms with Crippen molar-refractivity contribution in [3.05, 3.63) is 28.2 Å². The molecular weight excluding hydrogens is 318 g/mol. The van der Waals surface area contributed by atoms with E-state index in [9.17, 15) is 14.4 Å². The van der Waals surface area contributed by atoms with Crippen LogP contribution >= 0.6 is 11.8 Å². The van der Waals surface area contributed by atoms with Crippen LogP contribution in [0.4, 0.5) is 0 Å². The number of H-pyrrole nitrogens is 1. The van der Waals surface area contributed by atoms with Gasteiger partial charge in [-0.1, -0.05) is 0 Å². The van der Waals surface area contributed by atoms with Crippen molar-refractivity contribution < 1.29 is 9.59 Å². The van der Waals surface area contributed by atoms with E-state index < -0.39 is 0 Å². The van der Waals surface area contributed by atoms with Gasteiger partial charge in [-0.2, -0.15) is 5.10 Å². The summed E-state index contributed by atoms with van der Waals surface area (Å²) in [5, 5.41) is 12.2. The minimum absolute atomic E-state index is 0.0436. The molecular formula is C14H19N5O3S. The molecule has 3 N–H and O–H groups in total. The number of nitrogens with zero attached hydrogens (tertiary/aromatic N) is 2. The number of piperidine rings is 1. The fraction of sp³-hybridized carbons (Fsp3) is 0.571. The van der Waals surface area contributed by atoms with Crippen molar-refractivity contribution >= 4 is 23.6 Å². The molecule has 23 heavy (non-hydrogen) atoms. The molecule has 0 bridgehead atoms. The number of aromatic nitrogens is 2. The molecule has 3 heterocycles. The number of amides is 2. The van der Waals surface area contributed by atoms with E-state index in [0.29, 0.717) is 13.1 Å². The van der Waals surface area contributed by atoms with Crippen LogP contribution in [0, 0.1) is 0 Å². The smallest absolute Gasteiger partial charge is 0.274 e. The molecule has 2 aliphatic heterocycles. The normalized spacial score (nSPS) is 22.1. The summed E-state index contributed by atoms with van der Waals surface area (Å²) in [6.07, 6.45) is 1.45. The molecule has 0 radical (unpaired) electrons. The maximum Gasteiger partial charge on any atom is 0.274 e. The number of hydrogen-bond acceptors (Lipinski definition) is 6. The summed E-state index contributed by atoms with van der Waals surface area (Å²) in [6.45, 7) is 1.13. The van der Waals surface area contributed by atoms with Crippen molar-refractivity contribution in [3.63, 3.8) is 0 Å². The second-order valence-electron chi connectivity index (χ2n) is 5.65. The SMILES string of the molecule is O=C(NC1CCN(C(=O)c2ccc(=O)[nH]n2)CC1)C1CSCN1. The van der Waals surface area contributed by atoms with Crippen LogP contribution in [0.2, 0.25) is 0 Å². The standard InChI is InChI=1S/C14H19N5O3S/c20-12-2-1-10(17-18-12)14(22)19-5-3-9(4-6-19)16-13(21)11-7-23-8-15-11/h1-2,9,11,15H,3-8H2,(H,16,21)(H,18,20). The van der Waals surface area contributed by atoms with Crippen LogP contribution in [-0.2, 0) is 4.79 Å². The number of nitrogens with one attached hydrogen (secondary N) is 3. The molecule has 0 spiro atoms. The van der Waals surface area contributed by atoms with Gasteiger partial charge >= 0.3 is 0 Å². The number of aromatic amines is 1. The lowest BCUT2D eigenvalue weighted by atomic mass is 10.0. The highest BCUT2D eigenvalue weighted by atomic mass is 32.2. The molecule has 1 aromatic heterocycles. The van der Waals surface area contributed by atoms with Gasteiger partial charge in [-0.25, -0.2) is 5.10 Å². The van der Waals surface area contributed by atoms with E-state index in [-0.39, 0.29) is 35.2 Å². The monoisotopic (exact) mass is 337 g/mol. The highest BCUT2D eigenvalue weighted by molar-refractivity contribution is 7.99. The summed E-state index contributed by atoms with van der Waals surface area (Å²) in [5.74, 6) is 1.47. The largest absolute Gasteiger partial charge is 0.352 e. The van der Waals surface area contributed by atoms with Crippen LogP contribution in [0.1, 0.15) is 23.3 Å². The van der Waals surface area contributed by atoms with Crippen LogP contribution in [0.15, 0.2) is 16.9 Å². The molecule has 124 valence electrons. The molecule has 2 aliphatic rings. The average molecular weight is 337 g/mol. The fourth-order valence-corrected chi connectivity index (χ4v) is 3.66. The molecule has 3 rings (SSSR count).